The van der Waals surface area contributed by atoms with Gasteiger partial charge in [0.25, 0.3) is 0 Å². The van der Waals surface area contributed by atoms with Crippen LogP contribution < -0.4 is 10.1 Å². The summed E-state index contributed by atoms with van der Waals surface area (Å²) in [5.41, 5.74) is 1.92. The molecule has 1 unspecified atom stereocenters. The molecule has 0 saturated heterocycles. The molecule has 1 amide bonds. The lowest BCUT2D eigenvalue weighted by molar-refractivity contribution is -0.121. The quantitative estimate of drug-likeness (QED) is 0.635. The number of carbonyl (C=O) groups excluding carboxylic acids is 1. The summed E-state index contributed by atoms with van der Waals surface area (Å²) in [4.78, 5) is 12.5. The van der Waals surface area contributed by atoms with E-state index in [1.54, 1.807) is 12.1 Å². The van der Waals surface area contributed by atoms with Crippen molar-refractivity contribution in [1.29, 1.82) is 0 Å². The van der Waals surface area contributed by atoms with Gasteiger partial charge in [0, 0.05) is 25.4 Å². The summed E-state index contributed by atoms with van der Waals surface area (Å²) in [5.74, 6) is 1.61. The lowest BCUT2D eigenvalue weighted by Gasteiger charge is -2.16. The Kier molecular flexibility index (Phi) is 6.60. The highest BCUT2D eigenvalue weighted by molar-refractivity contribution is 5.78. The van der Waals surface area contributed by atoms with E-state index in [9.17, 15) is 9.18 Å². The molecule has 0 saturated carbocycles. The number of carbonyl (C=O) groups is 1. The Labute approximate surface area is 181 Å². The van der Waals surface area contributed by atoms with Gasteiger partial charge in [-0.15, -0.1) is 10.2 Å². The fraction of sp³-hybridized carbons (Fsp3) is 0.375. The first-order chi connectivity index (χ1) is 15.1. The minimum Gasteiger partial charge on any atom is -0.494 e. The van der Waals surface area contributed by atoms with E-state index in [0.29, 0.717) is 5.56 Å². The van der Waals surface area contributed by atoms with Crippen molar-refractivity contribution in [3.63, 3.8) is 0 Å². The molecule has 0 bridgehead atoms. The molecule has 31 heavy (non-hydrogen) atoms. The highest BCUT2D eigenvalue weighted by atomic mass is 19.1. The summed E-state index contributed by atoms with van der Waals surface area (Å²) >= 11 is 0. The van der Waals surface area contributed by atoms with E-state index >= 15 is 0 Å². The maximum absolute atomic E-state index is 13.9. The summed E-state index contributed by atoms with van der Waals surface area (Å²) in [6, 6.07) is 15.1. The number of fused-ring (bicyclic) bond motifs is 1. The third-order valence-corrected chi connectivity index (χ3v) is 5.75. The van der Waals surface area contributed by atoms with E-state index in [2.05, 4.69) is 32.2 Å². The van der Waals surface area contributed by atoms with Crippen LogP contribution in [0.25, 0.3) is 0 Å². The second-order valence-corrected chi connectivity index (χ2v) is 7.91. The molecule has 1 aliphatic rings. The number of aromatic nitrogens is 3. The first-order valence-corrected chi connectivity index (χ1v) is 10.7. The van der Waals surface area contributed by atoms with Crippen LogP contribution in [0.4, 0.5) is 4.39 Å². The van der Waals surface area contributed by atoms with Gasteiger partial charge < -0.3 is 14.6 Å². The number of hydrogen-bond acceptors (Lipinski definition) is 4. The standard InChI is InChI=1S/C24H27FN4O2/c1-31-21-10-7-18(15-20(21)25)16-24(30)26-19-9-12-23-28-27-22(29(23)14-13-19)11-8-17-5-3-2-4-6-17/h2-7,10,15,19H,8-9,11-14,16H2,1H3,(H,26,30). The zero-order valence-electron chi connectivity index (χ0n) is 17.7. The summed E-state index contributed by atoms with van der Waals surface area (Å²) in [7, 11) is 1.42. The molecule has 2 aromatic carbocycles. The number of ether oxygens (including phenoxy) is 1. The molecular formula is C24H27FN4O2. The first-order valence-electron chi connectivity index (χ1n) is 10.7. The molecule has 3 aromatic rings. The van der Waals surface area contributed by atoms with Crippen LogP contribution in [0.15, 0.2) is 48.5 Å². The second kappa shape index (κ2) is 9.73. The normalized spacial score (nSPS) is 15.7. The van der Waals surface area contributed by atoms with Gasteiger partial charge in [-0.05, 0) is 42.5 Å². The Hall–Kier alpha value is -3.22. The minimum atomic E-state index is -0.455. The molecule has 1 aromatic heterocycles. The highest BCUT2D eigenvalue weighted by Crippen LogP contribution is 2.19. The Morgan fingerprint density at radius 3 is 2.74 bits per heavy atom. The summed E-state index contributed by atoms with van der Waals surface area (Å²) in [5, 5.41) is 11.9. The van der Waals surface area contributed by atoms with Crippen LogP contribution in [-0.2, 0) is 37.0 Å². The van der Waals surface area contributed by atoms with Crippen molar-refractivity contribution in [2.75, 3.05) is 7.11 Å². The monoisotopic (exact) mass is 422 g/mol. The van der Waals surface area contributed by atoms with Crippen molar-refractivity contribution in [3.05, 3.63) is 77.1 Å². The molecule has 1 N–H and O–H groups in total. The zero-order chi connectivity index (χ0) is 21.6. The molecule has 0 radical (unpaired) electrons. The molecular weight excluding hydrogens is 395 g/mol. The molecule has 0 aliphatic carbocycles. The maximum atomic E-state index is 13.9. The molecule has 0 fully saturated rings. The van der Waals surface area contributed by atoms with E-state index in [-0.39, 0.29) is 24.1 Å². The van der Waals surface area contributed by atoms with Crippen molar-refractivity contribution in [3.8, 4) is 5.75 Å². The maximum Gasteiger partial charge on any atom is 0.224 e. The first kappa shape index (κ1) is 21.0. The average Bonchev–Trinajstić information content (AvgIpc) is 3.05. The SMILES string of the molecule is COc1ccc(CC(=O)NC2CCc3nnc(CCc4ccccc4)n3CC2)cc1F. The second-order valence-electron chi connectivity index (χ2n) is 7.91. The van der Waals surface area contributed by atoms with Crippen LogP contribution in [-0.4, -0.2) is 33.8 Å². The largest absolute Gasteiger partial charge is 0.494 e. The predicted molar refractivity (Wildman–Crippen MR) is 115 cm³/mol. The number of aryl methyl sites for hydroxylation is 3. The Morgan fingerprint density at radius 1 is 1.13 bits per heavy atom. The number of benzene rings is 2. The van der Waals surface area contributed by atoms with Crippen LogP contribution in [0.3, 0.4) is 0 Å². The van der Waals surface area contributed by atoms with Crippen molar-refractivity contribution in [1.82, 2.24) is 20.1 Å². The Morgan fingerprint density at radius 2 is 1.97 bits per heavy atom. The predicted octanol–water partition coefficient (Wildman–Crippen LogP) is 3.27. The molecule has 0 spiro atoms. The number of methoxy groups -OCH3 is 1. The van der Waals surface area contributed by atoms with Gasteiger partial charge in [-0.1, -0.05) is 36.4 Å². The van der Waals surface area contributed by atoms with Gasteiger partial charge in [-0.25, -0.2) is 4.39 Å². The fourth-order valence-electron chi connectivity index (χ4n) is 4.06. The minimum absolute atomic E-state index is 0.0688. The molecule has 4 rings (SSSR count). The van der Waals surface area contributed by atoms with E-state index in [1.165, 1.54) is 18.7 Å². The van der Waals surface area contributed by atoms with Crippen LogP contribution in [0, 0.1) is 5.82 Å². The third kappa shape index (κ3) is 5.29. The van der Waals surface area contributed by atoms with E-state index < -0.39 is 5.82 Å². The van der Waals surface area contributed by atoms with Gasteiger partial charge in [-0.2, -0.15) is 0 Å². The fourth-order valence-corrected chi connectivity index (χ4v) is 4.06. The van der Waals surface area contributed by atoms with Crippen molar-refractivity contribution >= 4 is 5.91 Å². The number of nitrogens with one attached hydrogen (secondary N) is 1. The van der Waals surface area contributed by atoms with Gasteiger partial charge in [0.15, 0.2) is 11.6 Å². The van der Waals surface area contributed by atoms with Crippen LogP contribution in [0.5, 0.6) is 5.75 Å². The summed E-state index contributed by atoms with van der Waals surface area (Å²) in [6.45, 7) is 0.786. The lowest BCUT2D eigenvalue weighted by Crippen LogP contribution is -2.36. The summed E-state index contributed by atoms with van der Waals surface area (Å²) in [6.07, 6.45) is 4.34. The molecule has 6 nitrogen and oxygen atoms in total. The van der Waals surface area contributed by atoms with E-state index in [1.807, 2.05) is 18.2 Å². The van der Waals surface area contributed by atoms with Crippen LogP contribution in [0.1, 0.15) is 35.6 Å². The van der Waals surface area contributed by atoms with Gasteiger partial charge in [0.05, 0.1) is 13.5 Å². The van der Waals surface area contributed by atoms with E-state index in [0.717, 1.165) is 50.3 Å². The van der Waals surface area contributed by atoms with Crippen LogP contribution >= 0.6 is 0 Å². The van der Waals surface area contributed by atoms with Gasteiger partial charge >= 0.3 is 0 Å². The Bertz CT molecular complexity index is 1040. The van der Waals surface area contributed by atoms with Crippen molar-refractivity contribution in [2.24, 2.45) is 0 Å². The van der Waals surface area contributed by atoms with Gasteiger partial charge in [0.2, 0.25) is 5.91 Å². The zero-order valence-corrected chi connectivity index (χ0v) is 17.7. The molecule has 2 heterocycles. The molecule has 162 valence electrons. The number of hydrogen-bond donors (Lipinski definition) is 1. The lowest BCUT2D eigenvalue weighted by atomic mass is 10.1. The highest BCUT2D eigenvalue weighted by Gasteiger charge is 2.21. The Balaban J connectivity index is 1.31. The topological polar surface area (TPSA) is 69.0 Å². The van der Waals surface area contributed by atoms with Crippen molar-refractivity contribution < 1.29 is 13.9 Å². The van der Waals surface area contributed by atoms with Crippen LogP contribution in [0.2, 0.25) is 0 Å². The molecule has 7 heteroatoms. The number of rotatable bonds is 7. The average molecular weight is 423 g/mol. The number of amides is 1. The molecule has 1 aliphatic heterocycles. The number of nitrogens with zero attached hydrogens (tertiary/aromatic N) is 3. The molecule has 1 atom stereocenters. The van der Waals surface area contributed by atoms with E-state index in [4.69, 9.17) is 4.74 Å². The third-order valence-electron chi connectivity index (χ3n) is 5.75. The number of halogens is 1. The van der Waals surface area contributed by atoms with Gasteiger partial charge in [-0.3, -0.25) is 4.79 Å². The summed E-state index contributed by atoms with van der Waals surface area (Å²) < 4.78 is 21.0. The van der Waals surface area contributed by atoms with Crippen molar-refractivity contribution in [2.45, 2.75) is 51.1 Å². The smallest absolute Gasteiger partial charge is 0.224 e. The van der Waals surface area contributed by atoms with Gasteiger partial charge in [0.1, 0.15) is 11.6 Å².